The largest absolute Gasteiger partial charge is 0.379 e. The average molecular weight is 327 g/mol. The zero-order valence-electron chi connectivity index (χ0n) is 13.3. The maximum absolute atomic E-state index is 11.7. The molecule has 0 aliphatic carbocycles. The fraction of sp³-hybridized carbons (Fsp3) is 0.235. The van der Waals surface area contributed by atoms with Gasteiger partial charge in [-0.1, -0.05) is 30.3 Å². The van der Waals surface area contributed by atoms with E-state index in [0.29, 0.717) is 25.4 Å². The molecule has 1 aromatic carbocycles. The van der Waals surface area contributed by atoms with Crippen molar-refractivity contribution in [2.75, 3.05) is 25.1 Å². The second kappa shape index (κ2) is 9.96. The first-order valence-electron chi connectivity index (χ1n) is 7.63. The van der Waals surface area contributed by atoms with Gasteiger partial charge in [-0.05, 0) is 24.1 Å². The standard InChI is InChI=1S/C17H21N5O2/c18-16(22-17(23)21-15-6-9-19-10-7-15)20-11-13-24-12-8-14-4-2-1-3-5-14/h1-7,9-10H,8,11-13H2,(H4,18,19,20,21,22,23). The van der Waals surface area contributed by atoms with E-state index < -0.39 is 6.03 Å². The number of carbonyl (C=O) groups is 1. The normalized spacial score (nSPS) is 11.1. The summed E-state index contributed by atoms with van der Waals surface area (Å²) in [6.45, 7) is 1.45. The lowest BCUT2D eigenvalue weighted by Crippen LogP contribution is -2.39. The molecular weight excluding hydrogens is 306 g/mol. The van der Waals surface area contributed by atoms with E-state index in [0.717, 1.165) is 6.42 Å². The first-order valence-corrected chi connectivity index (χ1v) is 7.63. The number of hydrogen-bond donors (Lipinski definition) is 3. The number of nitrogens with one attached hydrogen (secondary N) is 2. The first-order chi connectivity index (χ1) is 11.7. The molecule has 1 aromatic heterocycles. The summed E-state index contributed by atoms with van der Waals surface area (Å²) in [6, 6.07) is 13.0. The lowest BCUT2D eigenvalue weighted by molar-refractivity contribution is 0.145. The third-order valence-electron chi connectivity index (χ3n) is 3.08. The van der Waals surface area contributed by atoms with Crippen LogP contribution in [0.25, 0.3) is 0 Å². The molecule has 0 atom stereocenters. The van der Waals surface area contributed by atoms with Gasteiger partial charge in [-0.25, -0.2) is 4.79 Å². The molecule has 0 saturated carbocycles. The summed E-state index contributed by atoms with van der Waals surface area (Å²) in [4.78, 5) is 19.6. The van der Waals surface area contributed by atoms with Crippen LogP contribution >= 0.6 is 0 Å². The third-order valence-corrected chi connectivity index (χ3v) is 3.08. The highest BCUT2D eigenvalue weighted by atomic mass is 16.5. The van der Waals surface area contributed by atoms with Crippen molar-refractivity contribution in [2.24, 2.45) is 10.7 Å². The summed E-state index contributed by atoms with van der Waals surface area (Å²) in [5, 5.41) is 5.07. The van der Waals surface area contributed by atoms with Crippen molar-refractivity contribution in [2.45, 2.75) is 6.42 Å². The van der Waals surface area contributed by atoms with Gasteiger partial charge in [-0.2, -0.15) is 0 Å². The fourth-order valence-corrected chi connectivity index (χ4v) is 1.92. The predicted octanol–water partition coefficient (Wildman–Crippen LogP) is 1.78. The second-order valence-corrected chi connectivity index (χ2v) is 4.93. The van der Waals surface area contributed by atoms with Crippen molar-refractivity contribution in [3.05, 3.63) is 60.4 Å². The van der Waals surface area contributed by atoms with Gasteiger partial charge in [0.1, 0.15) is 0 Å². The predicted molar refractivity (Wildman–Crippen MR) is 93.8 cm³/mol. The van der Waals surface area contributed by atoms with E-state index in [1.807, 2.05) is 18.2 Å². The lowest BCUT2D eigenvalue weighted by atomic mass is 10.2. The highest BCUT2D eigenvalue weighted by Gasteiger charge is 2.02. The Bertz CT molecular complexity index is 647. The minimum absolute atomic E-state index is 0.0493. The van der Waals surface area contributed by atoms with Crippen LogP contribution in [-0.2, 0) is 11.2 Å². The summed E-state index contributed by atoms with van der Waals surface area (Å²) in [5.41, 5.74) is 7.50. The molecule has 2 amide bonds. The maximum atomic E-state index is 11.7. The summed E-state index contributed by atoms with van der Waals surface area (Å²) in [7, 11) is 0. The Hall–Kier alpha value is -2.93. The Morgan fingerprint density at radius 3 is 2.62 bits per heavy atom. The lowest BCUT2D eigenvalue weighted by Gasteiger charge is -2.07. The molecule has 0 bridgehead atoms. The van der Waals surface area contributed by atoms with E-state index in [-0.39, 0.29) is 5.96 Å². The molecule has 24 heavy (non-hydrogen) atoms. The van der Waals surface area contributed by atoms with Gasteiger partial charge < -0.3 is 15.8 Å². The molecule has 2 rings (SSSR count). The number of nitrogens with zero attached hydrogens (tertiary/aromatic N) is 2. The Kier molecular flexibility index (Phi) is 7.23. The molecule has 4 N–H and O–H groups in total. The van der Waals surface area contributed by atoms with E-state index in [2.05, 4.69) is 32.7 Å². The van der Waals surface area contributed by atoms with Crippen molar-refractivity contribution < 1.29 is 9.53 Å². The Balaban J connectivity index is 1.59. The molecule has 2 aromatic rings. The van der Waals surface area contributed by atoms with Crippen LogP contribution in [0.1, 0.15) is 5.56 Å². The maximum Gasteiger partial charge on any atom is 0.325 e. The van der Waals surface area contributed by atoms with Gasteiger partial charge in [0.25, 0.3) is 0 Å². The van der Waals surface area contributed by atoms with E-state index in [1.54, 1.807) is 24.5 Å². The second-order valence-electron chi connectivity index (χ2n) is 4.93. The molecule has 0 aliphatic rings. The summed E-state index contributed by atoms with van der Waals surface area (Å²) >= 11 is 0. The molecule has 7 nitrogen and oxygen atoms in total. The molecule has 1 heterocycles. The fourth-order valence-electron chi connectivity index (χ4n) is 1.92. The molecule has 0 spiro atoms. The highest BCUT2D eigenvalue weighted by Crippen LogP contribution is 2.02. The van der Waals surface area contributed by atoms with Crippen molar-refractivity contribution in [1.29, 1.82) is 0 Å². The van der Waals surface area contributed by atoms with Crippen LogP contribution in [0.5, 0.6) is 0 Å². The van der Waals surface area contributed by atoms with Crippen LogP contribution in [0, 0.1) is 0 Å². The smallest absolute Gasteiger partial charge is 0.325 e. The van der Waals surface area contributed by atoms with Crippen LogP contribution in [0.2, 0.25) is 0 Å². The minimum atomic E-state index is -0.451. The van der Waals surface area contributed by atoms with Gasteiger partial charge in [0, 0.05) is 18.1 Å². The molecule has 0 unspecified atom stereocenters. The summed E-state index contributed by atoms with van der Waals surface area (Å²) in [6.07, 6.45) is 4.02. The number of nitrogens with two attached hydrogens (primary N) is 1. The van der Waals surface area contributed by atoms with Gasteiger partial charge in [-0.3, -0.25) is 15.3 Å². The summed E-state index contributed by atoms with van der Waals surface area (Å²) in [5.74, 6) is 0.0493. The topological polar surface area (TPSA) is 102 Å². The number of ether oxygens (including phenoxy) is 1. The van der Waals surface area contributed by atoms with Gasteiger partial charge in [0.05, 0.1) is 19.8 Å². The van der Waals surface area contributed by atoms with Crippen LogP contribution in [0.15, 0.2) is 59.9 Å². The van der Waals surface area contributed by atoms with E-state index in [4.69, 9.17) is 10.5 Å². The molecule has 0 saturated heterocycles. The number of aromatic nitrogens is 1. The van der Waals surface area contributed by atoms with Gasteiger partial charge >= 0.3 is 6.03 Å². The van der Waals surface area contributed by atoms with Crippen LogP contribution in [0.4, 0.5) is 10.5 Å². The van der Waals surface area contributed by atoms with Crippen LogP contribution in [0.3, 0.4) is 0 Å². The third kappa shape index (κ3) is 6.89. The van der Waals surface area contributed by atoms with Gasteiger partial charge in [0.2, 0.25) is 0 Å². The highest BCUT2D eigenvalue weighted by molar-refractivity contribution is 6.01. The first kappa shape index (κ1) is 17.4. The number of carbonyl (C=O) groups excluding carboxylic acids is 1. The van der Waals surface area contributed by atoms with Crippen molar-refractivity contribution in [3.63, 3.8) is 0 Å². The number of aliphatic imine (C=N–C) groups is 1. The number of rotatable bonds is 7. The van der Waals surface area contributed by atoms with Crippen LogP contribution in [-0.4, -0.2) is 36.7 Å². The Morgan fingerprint density at radius 1 is 1.12 bits per heavy atom. The van der Waals surface area contributed by atoms with Gasteiger partial charge in [0.15, 0.2) is 5.96 Å². The van der Waals surface area contributed by atoms with Crippen LogP contribution < -0.4 is 16.4 Å². The molecule has 7 heteroatoms. The Morgan fingerprint density at radius 2 is 1.88 bits per heavy atom. The van der Waals surface area contributed by atoms with Crippen molar-refractivity contribution in [1.82, 2.24) is 10.3 Å². The van der Waals surface area contributed by atoms with E-state index in [9.17, 15) is 4.79 Å². The van der Waals surface area contributed by atoms with Crippen molar-refractivity contribution >= 4 is 17.7 Å². The molecule has 0 radical (unpaired) electrons. The number of benzene rings is 1. The number of pyridine rings is 1. The quantitative estimate of drug-likeness (QED) is 0.410. The number of hydrogen-bond acceptors (Lipinski definition) is 4. The molecular formula is C17H21N5O2. The molecule has 0 aliphatic heterocycles. The Labute approximate surface area is 141 Å². The minimum Gasteiger partial charge on any atom is -0.379 e. The zero-order valence-corrected chi connectivity index (χ0v) is 13.3. The number of amides is 2. The average Bonchev–Trinajstić information content (AvgIpc) is 2.59. The zero-order chi connectivity index (χ0) is 17.0. The molecule has 0 fully saturated rings. The van der Waals surface area contributed by atoms with E-state index >= 15 is 0 Å². The van der Waals surface area contributed by atoms with E-state index in [1.165, 1.54) is 5.56 Å². The van der Waals surface area contributed by atoms with Gasteiger partial charge in [-0.15, -0.1) is 0 Å². The summed E-state index contributed by atoms with van der Waals surface area (Å²) < 4.78 is 5.49. The number of urea groups is 1. The molecule has 126 valence electrons. The van der Waals surface area contributed by atoms with Crippen molar-refractivity contribution in [3.8, 4) is 0 Å². The monoisotopic (exact) mass is 327 g/mol. The number of anilines is 1. The SMILES string of the molecule is NC(=NCCOCCc1ccccc1)NC(=O)Nc1ccncc1. The number of guanidine groups is 1.